The highest BCUT2D eigenvalue weighted by Crippen LogP contribution is 2.30. The molecule has 1 aliphatic heterocycles. The van der Waals surface area contributed by atoms with Crippen LogP contribution in [-0.4, -0.2) is 27.4 Å². The normalized spacial score (nSPS) is 20.0. The second-order valence-electron chi connectivity index (χ2n) is 5.27. The molecule has 18 heavy (non-hydrogen) atoms. The summed E-state index contributed by atoms with van der Waals surface area (Å²) in [6, 6.07) is 2.44. The minimum Gasteiger partial charge on any atom is -0.297 e. The van der Waals surface area contributed by atoms with E-state index in [0.29, 0.717) is 0 Å². The fraction of sp³-hybridized carbons (Fsp3) is 0.538. The van der Waals surface area contributed by atoms with Gasteiger partial charge in [-0.2, -0.15) is 5.26 Å². The van der Waals surface area contributed by atoms with Crippen LogP contribution >= 0.6 is 11.3 Å². The molecule has 0 bridgehead atoms. The fourth-order valence-electron chi connectivity index (χ4n) is 2.40. The van der Waals surface area contributed by atoms with E-state index in [1.807, 2.05) is 11.6 Å². The van der Waals surface area contributed by atoms with Crippen molar-refractivity contribution >= 4 is 16.3 Å². The number of hydrogen-bond donors (Lipinski definition) is 0. The number of thiazole rings is 1. The molecule has 1 aliphatic rings. The quantitative estimate of drug-likeness (QED) is 0.833. The zero-order chi connectivity index (χ0) is 12.6. The van der Waals surface area contributed by atoms with E-state index >= 15 is 0 Å². The van der Waals surface area contributed by atoms with Crippen molar-refractivity contribution in [1.29, 1.82) is 5.26 Å². The summed E-state index contributed by atoms with van der Waals surface area (Å²) in [5.74, 6) is 0. The standard InChI is InChI=1S/C13H16N4S/c1-13(10-14)2-4-16(5-3-13)8-11-9-17-6-7-18-12(17)15-11/h6-7,9H,2-5,8H2,1H3. The van der Waals surface area contributed by atoms with Crippen LogP contribution in [0.4, 0.5) is 0 Å². The Morgan fingerprint density at radius 2 is 2.28 bits per heavy atom. The number of likely N-dealkylation sites (tertiary alicyclic amines) is 1. The zero-order valence-corrected chi connectivity index (χ0v) is 11.3. The molecule has 1 saturated heterocycles. The number of nitrogens with zero attached hydrogens (tertiary/aromatic N) is 4. The lowest BCUT2D eigenvalue weighted by atomic mass is 9.82. The van der Waals surface area contributed by atoms with Gasteiger partial charge in [0.1, 0.15) is 0 Å². The van der Waals surface area contributed by atoms with Gasteiger partial charge in [-0.3, -0.25) is 9.30 Å². The lowest BCUT2D eigenvalue weighted by molar-refractivity contribution is 0.149. The molecular weight excluding hydrogens is 244 g/mol. The van der Waals surface area contributed by atoms with Crippen LogP contribution in [0.15, 0.2) is 17.8 Å². The molecule has 3 heterocycles. The van der Waals surface area contributed by atoms with Gasteiger partial charge in [0.05, 0.1) is 17.2 Å². The summed E-state index contributed by atoms with van der Waals surface area (Å²) >= 11 is 1.66. The van der Waals surface area contributed by atoms with Crippen LogP contribution in [0.25, 0.3) is 4.96 Å². The first kappa shape index (κ1) is 11.7. The lowest BCUT2D eigenvalue weighted by Gasteiger charge is -2.34. The largest absolute Gasteiger partial charge is 0.297 e. The van der Waals surface area contributed by atoms with E-state index in [9.17, 15) is 0 Å². The van der Waals surface area contributed by atoms with Crippen LogP contribution in [0.2, 0.25) is 0 Å². The van der Waals surface area contributed by atoms with Crippen molar-refractivity contribution in [3.63, 3.8) is 0 Å². The van der Waals surface area contributed by atoms with Crippen molar-refractivity contribution in [2.75, 3.05) is 13.1 Å². The van der Waals surface area contributed by atoms with Crippen LogP contribution in [0, 0.1) is 16.7 Å². The molecular formula is C13H16N4S. The highest BCUT2D eigenvalue weighted by Gasteiger charge is 2.29. The van der Waals surface area contributed by atoms with Crippen molar-refractivity contribution in [1.82, 2.24) is 14.3 Å². The van der Waals surface area contributed by atoms with Gasteiger partial charge in [-0.15, -0.1) is 11.3 Å². The molecule has 4 nitrogen and oxygen atoms in total. The Kier molecular flexibility index (Phi) is 2.84. The van der Waals surface area contributed by atoms with Crippen LogP contribution in [0.1, 0.15) is 25.5 Å². The third kappa shape index (κ3) is 2.14. The number of fused-ring (bicyclic) bond motifs is 1. The topological polar surface area (TPSA) is 44.3 Å². The molecule has 0 N–H and O–H groups in total. The van der Waals surface area contributed by atoms with E-state index in [-0.39, 0.29) is 5.41 Å². The predicted octanol–water partition coefficient (Wildman–Crippen LogP) is 2.52. The van der Waals surface area contributed by atoms with E-state index in [4.69, 9.17) is 5.26 Å². The maximum atomic E-state index is 9.11. The summed E-state index contributed by atoms with van der Waals surface area (Å²) < 4.78 is 2.07. The maximum Gasteiger partial charge on any atom is 0.193 e. The molecule has 0 spiro atoms. The molecule has 3 rings (SSSR count). The van der Waals surface area contributed by atoms with Gasteiger partial charge in [-0.25, -0.2) is 4.98 Å². The van der Waals surface area contributed by atoms with Gasteiger partial charge in [0.2, 0.25) is 0 Å². The minimum atomic E-state index is -0.120. The fourth-order valence-corrected chi connectivity index (χ4v) is 3.12. The first-order valence-electron chi connectivity index (χ1n) is 6.23. The second-order valence-corrected chi connectivity index (χ2v) is 6.15. The molecule has 0 aromatic carbocycles. The Hall–Kier alpha value is -1.38. The Balaban J connectivity index is 1.65. The highest BCUT2D eigenvalue weighted by molar-refractivity contribution is 7.15. The van der Waals surface area contributed by atoms with E-state index in [0.717, 1.165) is 43.1 Å². The number of imidazole rings is 1. The Bertz CT molecular complexity index is 555. The zero-order valence-electron chi connectivity index (χ0n) is 10.5. The first-order valence-corrected chi connectivity index (χ1v) is 7.11. The molecule has 0 atom stereocenters. The smallest absolute Gasteiger partial charge is 0.193 e. The Labute approximate surface area is 110 Å². The van der Waals surface area contributed by atoms with Gasteiger partial charge in [-0.1, -0.05) is 0 Å². The second kappa shape index (κ2) is 4.38. The molecule has 2 aromatic rings. The highest BCUT2D eigenvalue weighted by atomic mass is 32.1. The maximum absolute atomic E-state index is 9.11. The molecule has 94 valence electrons. The van der Waals surface area contributed by atoms with Gasteiger partial charge in [0.15, 0.2) is 4.96 Å². The van der Waals surface area contributed by atoms with Crippen LogP contribution in [-0.2, 0) is 6.54 Å². The lowest BCUT2D eigenvalue weighted by Crippen LogP contribution is -2.37. The van der Waals surface area contributed by atoms with E-state index in [2.05, 4.69) is 33.5 Å². The number of rotatable bonds is 2. The molecule has 5 heteroatoms. The molecule has 0 saturated carbocycles. The summed E-state index contributed by atoms with van der Waals surface area (Å²) in [6.45, 7) is 4.96. The number of piperidine rings is 1. The molecule has 2 aromatic heterocycles. The average molecular weight is 260 g/mol. The van der Waals surface area contributed by atoms with E-state index in [1.165, 1.54) is 0 Å². The van der Waals surface area contributed by atoms with Crippen molar-refractivity contribution in [2.24, 2.45) is 5.41 Å². The summed E-state index contributed by atoms with van der Waals surface area (Å²) in [7, 11) is 0. The van der Waals surface area contributed by atoms with Crippen molar-refractivity contribution in [3.05, 3.63) is 23.5 Å². The van der Waals surface area contributed by atoms with Gasteiger partial charge in [-0.05, 0) is 19.8 Å². The van der Waals surface area contributed by atoms with Crippen LogP contribution in [0.3, 0.4) is 0 Å². The molecule has 0 unspecified atom stereocenters. The van der Waals surface area contributed by atoms with Crippen LogP contribution in [0.5, 0.6) is 0 Å². The minimum absolute atomic E-state index is 0.120. The first-order chi connectivity index (χ1) is 8.68. The summed E-state index contributed by atoms with van der Waals surface area (Å²) in [4.78, 5) is 8.05. The molecule has 0 radical (unpaired) electrons. The van der Waals surface area contributed by atoms with Crippen LogP contribution < -0.4 is 0 Å². The Morgan fingerprint density at radius 3 is 2.94 bits per heavy atom. The van der Waals surface area contributed by atoms with Crippen molar-refractivity contribution in [2.45, 2.75) is 26.3 Å². The monoisotopic (exact) mass is 260 g/mol. The summed E-state index contributed by atoms with van der Waals surface area (Å²) in [5, 5.41) is 11.2. The number of hydrogen-bond acceptors (Lipinski definition) is 4. The van der Waals surface area contributed by atoms with Gasteiger partial charge < -0.3 is 0 Å². The van der Waals surface area contributed by atoms with E-state index < -0.39 is 0 Å². The molecule has 1 fully saturated rings. The average Bonchev–Trinajstić information content (AvgIpc) is 2.93. The predicted molar refractivity (Wildman–Crippen MR) is 71.3 cm³/mol. The number of nitriles is 1. The van der Waals surface area contributed by atoms with Crippen molar-refractivity contribution < 1.29 is 0 Å². The number of aromatic nitrogens is 2. The van der Waals surface area contributed by atoms with E-state index in [1.54, 1.807) is 11.3 Å². The third-order valence-corrected chi connectivity index (χ3v) is 4.53. The molecule has 0 amide bonds. The summed E-state index contributed by atoms with van der Waals surface area (Å²) in [6.07, 6.45) is 6.07. The van der Waals surface area contributed by atoms with Gasteiger partial charge >= 0.3 is 0 Å². The van der Waals surface area contributed by atoms with Gasteiger partial charge in [0, 0.05) is 37.4 Å². The SMILES string of the molecule is CC1(C#N)CCN(Cc2cn3ccsc3n2)CC1. The van der Waals surface area contributed by atoms with Crippen molar-refractivity contribution in [3.8, 4) is 6.07 Å². The third-order valence-electron chi connectivity index (χ3n) is 3.76. The Morgan fingerprint density at radius 1 is 1.50 bits per heavy atom. The van der Waals surface area contributed by atoms with Gasteiger partial charge in [0.25, 0.3) is 0 Å². The summed E-state index contributed by atoms with van der Waals surface area (Å²) in [5.41, 5.74) is 1.01. The molecule has 0 aliphatic carbocycles.